The van der Waals surface area contributed by atoms with Crippen LogP contribution in [0.15, 0.2) is 47.6 Å². The van der Waals surface area contributed by atoms with Gasteiger partial charge in [0.25, 0.3) is 5.88 Å². The molecule has 9 nitrogen and oxygen atoms in total. The van der Waals surface area contributed by atoms with Crippen LogP contribution in [0, 0.1) is 12.3 Å². The first-order chi connectivity index (χ1) is 17.8. The van der Waals surface area contributed by atoms with Crippen molar-refractivity contribution in [1.29, 1.82) is 0 Å². The topological polar surface area (TPSA) is 101 Å². The highest BCUT2D eigenvalue weighted by molar-refractivity contribution is 5.91. The summed E-state index contributed by atoms with van der Waals surface area (Å²) in [6.45, 7) is 2.64. The highest BCUT2D eigenvalue weighted by Gasteiger charge is 2.38. The van der Waals surface area contributed by atoms with Gasteiger partial charge in [0, 0.05) is 18.8 Å². The first-order valence-corrected chi connectivity index (χ1v) is 11.2. The van der Waals surface area contributed by atoms with Crippen LogP contribution in [-0.2, 0) is 22.1 Å². The number of ether oxygens (including phenoxy) is 3. The van der Waals surface area contributed by atoms with Crippen LogP contribution < -0.4 is 4.74 Å². The maximum Gasteiger partial charge on any atom is 0.437 e. The van der Waals surface area contributed by atoms with E-state index in [0.717, 1.165) is 6.26 Å². The molecule has 0 amide bonds. The minimum atomic E-state index is -4.70. The van der Waals surface area contributed by atoms with Crippen molar-refractivity contribution in [3.63, 3.8) is 0 Å². The predicted octanol–water partition coefficient (Wildman–Crippen LogP) is 4.95. The van der Waals surface area contributed by atoms with E-state index in [9.17, 15) is 18.0 Å². The van der Waals surface area contributed by atoms with Gasteiger partial charge in [0.2, 0.25) is 5.65 Å². The molecule has 0 atom stereocenters. The second kappa shape index (κ2) is 11.1. The van der Waals surface area contributed by atoms with Gasteiger partial charge >= 0.3 is 12.1 Å². The Hall–Kier alpha value is -4.37. The van der Waals surface area contributed by atoms with Crippen molar-refractivity contribution in [2.45, 2.75) is 25.9 Å². The van der Waals surface area contributed by atoms with Gasteiger partial charge in [-0.05, 0) is 30.2 Å². The van der Waals surface area contributed by atoms with Crippen molar-refractivity contribution in [2.75, 3.05) is 19.8 Å². The molecule has 192 valence electrons. The number of carbonyl (C=O) groups excluding carboxylic acids is 1. The molecule has 0 saturated heterocycles. The lowest BCUT2D eigenvalue weighted by atomic mass is 10.0. The SMILES string of the molecule is C#CCOCCCOC(=O)c1ccc(Oc2nccn3c(-c4conc4C(F)(F)F)cnc23)cc1CC. The van der Waals surface area contributed by atoms with E-state index in [4.69, 9.17) is 20.6 Å². The summed E-state index contributed by atoms with van der Waals surface area (Å²) in [6.07, 6.45) is 6.41. The number of nitrogens with zero attached hydrogens (tertiary/aromatic N) is 4. The molecule has 4 aromatic rings. The van der Waals surface area contributed by atoms with Crippen molar-refractivity contribution in [3.8, 4) is 35.2 Å². The molecule has 3 heterocycles. The molecule has 0 radical (unpaired) electrons. The Kier molecular flexibility index (Phi) is 7.74. The molecule has 0 saturated carbocycles. The zero-order valence-corrected chi connectivity index (χ0v) is 19.6. The van der Waals surface area contributed by atoms with E-state index in [1.54, 1.807) is 18.2 Å². The molecule has 0 aliphatic rings. The number of aromatic nitrogens is 4. The lowest BCUT2D eigenvalue weighted by Gasteiger charge is -2.12. The van der Waals surface area contributed by atoms with Crippen molar-refractivity contribution < 1.29 is 36.7 Å². The Labute approximate surface area is 209 Å². The summed E-state index contributed by atoms with van der Waals surface area (Å²) in [5.41, 5.74) is -0.0740. The standard InChI is InChI=1S/C25H21F3N4O5/c1-3-10-34-11-5-12-35-24(33)18-7-6-17(13-16(18)4-2)37-23-22-30-14-20(32(22)9-8-29-23)19-15-36-31-21(19)25(26,27)28/h1,6-9,13-15H,4-5,10-12H2,2H3. The Balaban J connectivity index is 1.53. The Morgan fingerprint density at radius 3 is 2.84 bits per heavy atom. The maximum absolute atomic E-state index is 13.3. The first-order valence-electron chi connectivity index (χ1n) is 11.2. The predicted molar refractivity (Wildman–Crippen MR) is 124 cm³/mol. The van der Waals surface area contributed by atoms with Gasteiger partial charge in [-0.25, -0.2) is 14.8 Å². The van der Waals surface area contributed by atoms with Crippen molar-refractivity contribution in [1.82, 2.24) is 19.5 Å². The average Bonchev–Trinajstić information content (AvgIpc) is 3.53. The molecule has 0 N–H and O–H groups in total. The van der Waals surface area contributed by atoms with Gasteiger partial charge in [0.15, 0.2) is 5.69 Å². The number of fused-ring (bicyclic) bond motifs is 1. The van der Waals surface area contributed by atoms with Crippen molar-refractivity contribution in [3.05, 3.63) is 59.9 Å². The van der Waals surface area contributed by atoms with Crippen LogP contribution in [-0.4, -0.2) is 45.3 Å². The second-order valence-corrected chi connectivity index (χ2v) is 7.66. The highest BCUT2D eigenvalue weighted by Crippen LogP contribution is 2.37. The number of rotatable bonds is 10. The molecule has 0 aliphatic heterocycles. The largest absolute Gasteiger partial charge is 0.462 e. The van der Waals surface area contributed by atoms with Crippen LogP contribution in [0.25, 0.3) is 16.9 Å². The normalized spacial score (nSPS) is 11.4. The van der Waals surface area contributed by atoms with Crippen molar-refractivity contribution >= 4 is 11.6 Å². The molecule has 0 fully saturated rings. The number of hydrogen-bond donors (Lipinski definition) is 0. The maximum atomic E-state index is 13.3. The smallest absolute Gasteiger partial charge is 0.437 e. The van der Waals surface area contributed by atoms with Gasteiger partial charge in [-0.15, -0.1) is 6.42 Å². The molecule has 0 bridgehead atoms. The van der Waals surface area contributed by atoms with E-state index in [-0.39, 0.29) is 36.0 Å². The van der Waals surface area contributed by atoms with Gasteiger partial charge in [0.1, 0.15) is 18.6 Å². The molecular weight excluding hydrogens is 493 g/mol. The van der Waals surface area contributed by atoms with Crippen LogP contribution in [0.1, 0.15) is 35.0 Å². The van der Waals surface area contributed by atoms with E-state index in [0.29, 0.717) is 36.3 Å². The molecule has 0 spiro atoms. The lowest BCUT2D eigenvalue weighted by Crippen LogP contribution is -2.11. The number of terminal acetylenes is 1. The fourth-order valence-electron chi connectivity index (χ4n) is 3.56. The van der Waals surface area contributed by atoms with Gasteiger partial charge in [-0.1, -0.05) is 18.0 Å². The number of alkyl halides is 3. The fraction of sp³-hybridized carbons (Fsp3) is 0.280. The van der Waals surface area contributed by atoms with E-state index >= 15 is 0 Å². The Morgan fingerprint density at radius 1 is 1.24 bits per heavy atom. The zero-order valence-electron chi connectivity index (χ0n) is 19.6. The van der Waals surface area contributed by atoms with Gasteiger partial charge in [-0.2, -0.15) is 13.2 Å². The number of esters is 1. The van der Waals surface area contributed by atoms with Crippen LogP contribution in [0.4, 0.5) is 13.2 Å². The van der Waals surface area contributed by atoms with Gasteiger partial charge in [-0.3, -0.25) is 4.40 Å². The molecular formula is C25H21F3N4O5. The number of imidazole rings is 1. The third-order valence-corrected chi connectivity index (χ3v) is 5.25. The van der Waals surface area contributed by atoms with Gasteiger partial charge < -0.3 is 18.7 Å². The average molecular weight is 514 g/mol. The highest BCUT2D eigenvalue weighted by atomic mass is 19.4. The molecule has 3 aromatic heterocycles. The quantitative estimate of drug-likeness (QED) is 0.166. The Morgan fingerprint density at radius 2 is 2.08 bits per heavy atom. The van der Waals surface area contributed by atoms with Crippen LogP contribution in [0.5, 0.6) is 11.6 Å². The third-order valence-electron chi connectivity index (χ3n) is 5.25. The summed E-state index contributed by atoms with van der Waals surface area (Å²) < 4.78 is 62.2. The number of benzene rings is 1. The summed E-state index contributed by atoms with van der Waals surface area (Å²) in [7, 11) is 0. The second-order valence-electron chi connectivity index (χ2n) is 7.66. The number of carbonyl (C=O) groups is 1. The minimum Gasteiger partial charge on any atom is -0.462 e. The number of hydrogen-bond acceptors (Lipinski definition) is 8. The molecule has 4 rings (SSSR count). The van der Waals surface area contributed by atoms with Crippen LogP contribution >= 0.6 is 0 Å². The van der Waals surface area contributed by atoms with E-state index in [1.807, 2.05) is 6.92 Å². The molecule has 37 heavy (non-hydrogen) atoms. The Bertz CT molecular complexity index is 1440. The number of aryl methyl sites for hydroxylation is 1. The summed E-state index contributed by atoms with van der Waals surface area (Å²) in [6, 6.07) is 4.82. The summed E-state index contributed by atoms with van der Waals surface area (Å²) >= 11 is 0. The van der Waals surface area contributed by atoms with E-state index < -0.39 is 17.8 Å². The lowest BCUT2D eigenvalue weighted by molar-refractivity contribution is -0.142. The van der Waals surface area contributed by atoms with E-state index in [2.05, 4.69) is 25.6 Å². The summed E-state index contributed by atoms with van der Waals surface area (Å²) in [5.74, 6) is 2.30. The molecule has 0 unspecified atom stereocenters. The first kappa shape index (κ1) is 25.7. The monoisotopic (exact) mass is 514 g/mol. The number of halogens is 3. The van der Waals surface area contributed by atoms with E-state index in [1.165, 1.54) is 23.0 Å². The molecule has 1 aromatic carbocycles. The summed E-state index contributed by atoms with van der Waals surface area (Å²) in [4.78, 5) is 20.9. The van der Waals surface area contributed by atoms with Crippen molar-refractivity contribution in [2.24, 2.45) is 0 Å². The van der Waals surface area contributed by atoms with Crippen LogP contribution in [0.3, 0.4) is 0 Å². The molecule has 12 heteroatoms. The summed E-state index contributed by atoms with van der Waals surface area (Å²) in [5, 5.41) is 3.08. The fourth-order valence-corrected chi connectivity index (χ4v) is 3.56. The minimum absolute atomic E-state index is 0.0584. The van der Waals surface area contributed by atoms with Gasteiger partial charge in [0.05, 0.1) is 36.2 Å². The van der Waals surface area contributed by atoms with Crippen LogP contribution in [0.2, 0.25) is 0 Å². The third kappa shape index (κ3) is 5.73. The zero-order chi connectivity index (χ0) is 26.4. The molecule has 0 aliphatic carbocycles.